The highest BCUT2D eigenvalue weighted by atomic mass is 35.5. The second-order valence-electron chi connectivity index (χ2n) is 3.74. The van der Waals surface area contributed by atoms with Crippen LogP contribution in [0.2, 0.25) is 5.02 Å². The number of hydrogen-bond donors (Lipinski definition) is 1. The molecule has 0 aliphatic carbocycles. The molecule has 1 aromatic carbocycles. The van der Waals surface area contributed by atoms with E-state index < -0.39 is 0 Å². The smallest absolute Gasteiger partial charge is 0.147 e. The molecule has 0 amide bonds. The third-order valence-electron chi connectivity index (χ3n) is 2.50. The fraction of sp³-hybridized carbons (Fsp3) is 0.154. The van der Waals surface area contributed by atoms with Crippen molar-refractivity contribution in [2.75, 3.05) is 5.32 Å². The van der Waals surface area contributed by atoms with Crippen LogP contribution in [0.5, 0.6) is 0 Å². The summed E-state index contributed by atoms with van der Waals surface area (Å²) < 4.78 is 13.5. The summed E-state index contributed by atoms with van der Waals surface area (Å²) in [6.45, 7) is 2.47. The highest BCUT2D eigenvalue weighted by Crippen LogP contribution is 2.19. The minimum absolute atomic E-state index is 0.355. The van der Waals surface area contributed by atoms with Gasteiger partial charge in [-0.3, -0.25) is 4.98 Å². The number of anilines is 1. The van der Waals surface area contributed by atoms with E-state index in [2.05, 4.69) is 10.3 Å². The Morgan fingerprint density at radius 3 is 2.88 bits per heavy atom. The molecule has 0 aliphatic heterocycles. The summed E-state index contributed by atoms with van der Waals surface area (Å²) >= 11 is 5.68. The summed E-state index contributed by atoms with van der Waals surface area (Å²) in [5.41, 5.74) is 2.41. The first-order valence-electron chi connectivity index (χ1n) is 5.26. The van der Waals surface area contributed by atoms with Gasteiger partial charge in [0, 0.05) is 11.2 Å². The molecule has 88 valence electrons. The topological polar surface area (TPSA) is 24.9 Å². The van der Waals surface area contributed by atoms with Gasteiger partial charge in [-0.2, -0.15) is 0 Å². The standard InChI is InChI=1S/C13H12ClFN2/c1-9-3-2-6-16-13(9)8-17-12-5-4-10(14)7-11(12)15/h2-7,17H,8H2,1H3. The lowest BCUT2D eigenvalue weighted by Crippen LogP contribution is -2.04. The van der Waals surface area contributed by atoms with Crippen molar-refractivity contribution < 1.29 is 4.39 Å². The van der Waals surface area contributed by atoms with E-state index in [1.807, 2.05) is 19.1 Å². The van der Waals surface area contributed by atoms with Crippen LogP contribution in [0.1, 0.15) is 11.3 Å². The Kier molecular flexibility index (Phi) is 3.59. The maximum absolute atomic E-state index is 13.5. The molecule has 1 N–H and O–H groups in total. The molecular weight excluding hydrogens is 239 g/mol. The molecule has 0 saturated heterocycles. The van der Waals surface area contributed by atoms with Crippen molar-refractivity contribution >= 4 is 17.3 Å². The maximum Gasteiger partial charge on any atom is 0.147 e. The number of pyridine rings is 1. The van der Waals surface area contributed by atoms with Crippen molar-refractivity contribution in [1.29, 1.82) is 0 Å². The monoisotopic (exact) mass is 250 g/mol. The average Bonchev–Trinajstić information content (AvgIpc) is 2.30. The zero-order valence-corrected chi connectivity index (χ0v) is 10.1. The minimum atomic E-state index is -0.355. The number of nitrogens with zero attached hydrogens (tertiary/aromatic N) is 1. The molecule has 0 bridgehead atoms. The molecule has 0 atom stereocenters. The van der Waals surface area contributed by atoms with Gasteiger partial charge in [-0.05, 0) is 36.8 Å². The van der Waals surface area contributed by atoms with Gasteiger partial charge in [-0.1, -0.05) is 17.7 Å². The van der Waals surface area contributed by atoms with Crippen LogP contribution >= 0.6 is 11.6 Å². The van der Waals surface area contributed by atoms with Gasteiger partial charge in [0.1, 0.15) is 5.82 Å². The molecule has 2 rings (SSSR count). The van der Waals surface area contributed by atoms with E-state index in [-0.39, 0.29) is 5.82 Å². The first kappa shape index (κ1) is 11.9. The van der Waals surface area contributed by atoms with Crippen molar-refractivity contribution in [2.24, 2.45) is 0 Å². The molecule has 0 saturated carbocycles. The molecule has 0 fully saturated rings. The Morgan fingerprint density at radius 2 is 2.18 bits per heavy atom. The Balaban J connectivity index is 2.10. The molecule has 0 radical (unpaired) electrons. The van der Waals surface area contributed by atoms with Gasteiger partial charge >= 0.3 is 0 Å². The van der Waals surface area contributed by atoms with Gasteiger partial charge in [0.25, 0.3) is 0 Å². The number of halogens is 2. The molecule has 2 aromatic rings. The normalized spacial score (nSPS) is 10.3. The lowest BCUT2D eigenvalue weighted by molar-refractivity contribution is 0.630. The Bertz CT molecular complexity index is 529. The predicted octanol–water partition coefficient (Wildman–Crippen LogP) is 3.79. The quantitative estimate of drug-likeness (QED) is 0.896. The number of aromatic nitrogens is 1. The third-order valence-corrected chi connectivity index (χ3v) is 2.73. The third kappa shape index (κ3) is 2.94. The van der Waals surface area contributed by atoms with Crippen LogP contribution in [-0.4, -0.2) is 4.98 Å². The molecule has 0 aliphatic rings. The first-order chi connectivity index (χ1) is 8.16. The largest absolute Gasteiger partial charge is 0.377 e. The van der Waals surface area contributed by atoms with E-state index in [1.54, 1.807) is 18.3 Å². The van der Waals surface area contributed by atoms with Gasteiger partial charge in [0.15, 0.2) is 0 Å². The minimum Gasteiger partial charge on any atom is -0.377 e. The van der Waals surface area contributed by atoms with Crippen molar-refractivity contribution in [3.05, 3.63) is 58.6 Å². The molecule has 0 unspecified atom stereocenters. The fourth-order valence-corrected chi connectivity index (χ4v) is 1.67. The van der Waals surface area contributed by atoms with Crippen LogP contribution in [0, 0.1) is 12.7 Å². The van der Waals surface area contributed by atoms with Crippen molar-refractivity contribution in [2.45, 2.75) is 13.5 Å². The Labute approximate surface area is 104 Å². The molecule has 1 aromatic heterocycles. The number of hydrogen-bond acceptors (Lipinski definition) is 2. The summed E-state index contributed by atoms with van der Waals surface area (Å²) in [5, 5.41) is 3.39. The summed E-state index contributed by atoms with van der Waals surface area (Å²) in [4.78, 5) is 4.23. The maximum atomic E-state index is 13.5. The van der Waals surface area contributed by atoms with Crippen molar-refractivity contribution in [3.63, 3.8) is 0 Å². The summed E-state index contributed by atoms with van der Waals surface area (Å²) in [6, 6.07) is 8.41. The molecular formula is C13H12ClFN2. The van der Waals surface area contributed by atoms with E-state index in [0.29, 0.717) is 17.3 Å². The fourth-order valence-electron chi connectivity index (χ4n) is 1.52. The van der Waals surface area contributed by atoms with Crippen molar-refractivity contribution in [1.82, 2.24) is 4.98 Å². The number of benzene rings is 1. The van der Waals surface area contributed by atoms with Crippen LogP contribution in [0.25, 0.3) is 0 Å². The average molecular weight is 251 g/mol. The molecule has 4 heteroatoms. The van der Waals surface area contributed by atoms with Gasteiger partial charge in [0.2, 0.25) is 0 Å². The van der Waals surface area contributed by atoms with E-state index in [9.17, 15) is 4.39 Å². The predicted molar refractivity (Wildman–Crippen MR) is 67.7 cm³/mol. The number of aryl methyl sites for hydroxylation is 1. The molecule has 1 heterocycles. The first-order valence-corrected chi connectivity index (χ1v) is 5.64. The van der Waals surface area contributed by atoms with Crippen LogP contribution in [-0.2, 0) is 6.54 Å². The summed E-state index contributed by atoms with van der Waals surface area (Å²) in [5.74, 6) is -0.355. The van der Waals surface area contributed by atoms with Gasteiger partial charge in [-0.25, -0.2) is 4.39 Å². The van der Waals surface area contributed by atoms with Crippen LogP contribution in [0.4, 0.5) is 10.1 Å². The molecule has 17 heavy (non-hydrogen) atoms. The second kappa shape index (κ2) is 5.15. The zero-order valence-electron chi connectivity index (χ0n) is 9.37. The lowest BCUT2D eigenvalue weighted by atomic mass is 10.2. The number of nitrogens with one attached hydrogen (secondary N) is 1. The van der Waals surface area contributed by atoms with Gasteiger partial charge in [0.05, 0.1) is 17.9 Å². The highest BCUT2D eigenvalue weighted by molar-refractivity contribution is 6.30. The van der Waals surface area contributed by atoms with Gasteiger partial charge < -0.3 is 5.32 Å². The molecule has 2 nitrogen and oxygen atoms in total. The van der Waals surface area contributed by atoms with Crippen molar-refractivity contribution in [3.8, 4) is 0 Å². The number of rotatable bonds is 3. The second-order valence-corrected chi connectivity index (χ2v) is 4.18. The Morgan fingerprint density at radius 1 is 1.35 bits per heavy atom. The Hall–Kier alpha value is -1.61. The lowest BCUT2D eigenvalue weighted by Gasteiger charge is -2.08. The molecule has 0 spiro atoms. The summed E-state index contributed by atoms with van der Waals surface area (Å²) in [6.07, 6.45) is 1.72. The summed E-state index contributed by atoms with van der Waals surface area (Å²) in [7, 11) is 0. The van der Waals surface area contributed by atoms with Crippen LogP contribution < -0.4 is 5.32 Å². The van der Waals surface area contributed by atoms with E-state index in [1.165, 1.54) is 6.07 Å². The van der Waals surface area contributed by atoms with Crippen LogP contribution in [0.3, 0.4) is 0 Å². The van der Waals surface area contributed by atoms with Gasteiger partial charge in [-0.15, -0.1) is 0 Å². The van der Waals surface area contributed by atoms with E-state index in [4.69, 9.17) is 11.6 Å². The highest BCUT2D eigenvalue weighted by Gasteiger charge is 2.04. The van der Waals surface area contributed by atoms with E-state index >= 15 is 0 Å². The van der Waals surface area contributed by atoms with E-state index in [0.717, 1.165) is 11.3 Å². The van der Waals surface area contributed by atoms with Crippen LogP contribution in [0.15, 0.2) is 36.5 Å². The SMILES string of the molecule is Cc1cccnc1CNc1ccc(Cl)cc1F. The zero-order chi connectivity index (χ0) is 12.3.